The summed E-state index contributed by atoms with van der Waals surface area (Å²) in [6, 6.07) is 11.6. The minimum Gasteiger partial charge on any atom is -0.366 e. The Kier molecular flexibility index (Phi) is 4.97. The fraction of sp³-hybridized carbons (Fsp3) is 0.222. The second-order valence-corrected chi connectivity index (χ2v) is 6.37. The molecular weight excluding hydrogens is 325 g/mol. The van der Waals surface area contributed by atoms with Crippen molar-refractivity contribution in [2.75, 3.05) is 12.3 Å². The van der Waals surface area contributed by atoms with Gasteiger partial charge in [-0.15, -0.1) is 6.58 Å². The molecular formula is C18H18FN3OS. The number of aliphatic imine (C=N–C) groups is 1. The first kappa shape index (κ1) is 16.7. The normalized spacial score (nSPS) is 22.1. The van der Waals surface area contributed by atoms with E-state index in [9.17, 15) is 9.50 Å². The van der Waals surface area contributed by atoms with Gasteiger partial charge in [0, 0.05) is 18.3 Å². The van der Waals surface area contributed by atoms with Crippen molar-refractivity contribution in [3.8, 4) is 0 Å². The van der Waals surface area contributed by atoms with E-state index in [1.165, 1.54) is 23.9 Å². The monoisotopic (exact) mass is 343 g/mol. The zero-order chi connectivity index (χ0) is 17.0. The van der Waals surface area contributed by atoms with Crippen LogP contribution in [0.5, 0.6) is 0 Å². The molecule has 1 N–H and O–H groups in total. The molecule has 1 unspecified atom stereocenters. The molecule has 6 heteroatoms. The van der Waals surface area contributed by atoms with Gasteiger partial charge in [0.1, 0.15) is 5.82 Å². The number of halogens is 1. The van der Waals surface area contributed by atoms with Crippen LogP contribution in [0.4, 0.5) is 4.39 Å². The lowest BCUT2D eigenvalue weighted by Gasteiger charge is -2.33. The molecule has 1 aromatic carbocycles. The van der Waals surface area contributed by atoms with Crippen LogP contribution >= 0.6 is 11.8 Å². The number of rotatable bonds is 5. The van der Waals surface area contributed by atoms with E-state index in [0.717, 1.165) is 10.9 Å². The summed E-state index contributed by atoms with van der Waals surface area (Å²) in [5, 5.41) is 11.9. The average Bonchev–Trinajstić information content (AvgIpc) is 2.92. The fourth-order valence-electron chi connectivity index (χ4n) is 2.56. The van der Waals surface area contributed by atoms with Crippen LogP contribution in [-0.4, -0.2) is 32.5 Å². The first-order valence-electron chi connectivity index (χ1n) is 7.57. The minimum atomic E-state index is -1.23. The third-order valence-electron chi connectivity index (χ3n) is 3.80. The summed E-state index contributed by atoms with van der Waals surface area (Å²) in [6.07, 6.45) is 3.45. The largest absolute Gasteiger partial charge is 0.366 e. The van der Waals surface area contributed by atoms with Crippen LogP contribution in [-0.2, 0) is 12.3 Å². The number of aromatic nitrogens is 1. The number of benzene rings is 1. The fourth-order valence-corrected chi connectivity index (χ4v) is 3.75. The van der Waals surface area contributed by atoms with E-state index in [1.807, 2.05) is 18.2 Å². The highest BCUT2D eigenvalue weighted by atomic mass is 32.2. The third-order valence-corrected chi connectivity index (χ3v) is 4.96. The smallest absolute Gasteiger partial charge is 0.175 e. The molecule has 3 rings (SSSR count). The molecule has 0 radical (unpaired) electrons. The lowest BCUT2D eigenvalue weighted by atomic mass is 10.0. The first-order chi connectivity index (χ1) is 11.6. The summed E-state index contributed by atoms with van der Waals surface area (Å²) in [7, 11) is 0. The van der Waals surface area contributed by atoms with Gasteiger partial charge in [0.2, 0.25) is 0 Å². The maximum atomic E-state index is 13.2. The maximum absolute atomic E-state index is 13.2. The highest BCUT2D eigenvalue weighted by Gasteiger charge is 2.44. The van der Waals surface area contributed by atoms with Gasteiger partial charge in [0.15, 0.2) is 10.9 Å². The summed E-state index contributed by atoms with van der Waals surface area (Å²) >= 11 is 1.47. The Morgan fingerprint density at radius 2 is 2.12 bits per heavy atom. The molecule has 1 fully saturated rings. The molecule has 0 amide bonds. The SMILES string of the molecule is C=CCN1C(=NCc2ccccn2)SCC1(O)c1ccc(F)cc1. The van der Waals surface area contributed by atoms with E-state index in [-0.39, 0.29) is 5.82 Å². The lowest BCUT2D eigenvalue weighted by molar-refractivity contribution is -0.0424. The number of amidine groups is 1. The molecule has 2 aromatic rings. The van der Waals surface area contributed by atoms with E-state index >= 15 is 0 Å². The summed E-state index contributed by atoms with van der Waals surface area (Å²) < 4.78 is 13.2. The first-order valence-corrected chi connectivity index (χ1v) is 8.56. The molecule has 124 valence electrons. The van der Waals surface area contributed by atoms with Crippen molar-refractivity contribution in [3.63, 3.8) is 0 Å². The van der Waals surface area contributed by atoms with Gasteiger partial charge in [-0.25, -0.2) is 4.39 Å². The standard InChI is InChI=1S/C18H18FN3OS/c1-2-11-22-17(21-12-16-5-3-4-10-20-16)24-13-18(22,23)14-6-8-15(19)9-7-14/h2-10,23H,1,11-13H2. The van der Waals surface area contributed by atoms with Crippen molar-refractivity contribution in [1.29, 1.82) is 0 Å². The summed E-state index contributed by atoms with van der Waals surface area (Å²) in [6.45, 7) is 4.65. The van der Waals surface area contributed by atoms with E-state index in [0.29, 0.717) is 24.4 Å². The number of pyridine rings is 1. The average molecular weight is 343 g/mol. The molecule has 0 spiro atoms. The van der Waals surface area contributed by atoms with Crippen LogP contribution in [0.15, 0.2) is 66.3 Å². The van der Waals surface area contributed by atoms with Crippen LogP contribution in [0.3, 0.4) is 0 Å². The zero-order valence-electron chi connectivity index (χ0n) is 13.1. The highest BCUT2D eigenvalue weighted by Crippen LogP contribution is 2.39. The Morgan fingerprint density at radius 1 is 1.33 bits per heavy atom. The van der Waals surface area contributed by atoms with Crippen molar-refractivity contribution >= 4 is 16.9 Å². The van der Waals surface area contributed by atoms with Crippen molar-refractivity contribution in [3.05, 3.63) is 78.4 Å². The van der Waals surface area contributed by atoms with Crippen LogP contribution < -0.4 is 0 Å². The van der Waals surface area contributed by atoms with E-state index in [2.05, 4.69) is 16.6 Å². The summed E-state index contributed by atoms with van der Waals surface area (Å²) in [5.41, 5.74) is 0.276. The number of aliphatic hydroxyl groups is 1. The molecule has 1 saturated heterocycles. The van der Waals surface area contributed by atoms with Crippen molar-refractivity contribution < 1.29 is 9.50 Å². The lowest BCUT2D eigenvalue weighted by Crippen LogP contribution is -2.45. The van der Waals surface area contributed by atoms with Crippen LogP contribution in [0.1, 0.15) is 11.3 Å². The molecule has 1 atom stereocenters. The molecule has 1 aromatic heterocycles. The number of hydrogen-bond acceptors (Lipinski definition) is 4. The van der Waals surface area contributed by atoms with E-state index in [1.54, 1.807) is 29.3 Å². The van der Waals surface area contributed by atoms with Gasteiger partial charge < -0.3 is 10.0 Å². The molecule has 0 aliphatic carbocycles. The number of nitrogens with zero attached hydrogens (tertiary/aromatic N) is 3. The van der Waals surface area contributed by atoms with Gasteiger partial charge in [-0.2, -0.15) is 0 Å². The van der Waals surface area contributed by atoms with Crippen LogP contribution in [0, 0.1) is 5.82 Å². The number of hydrogen-bond donors (Lipinski definition) is 1. The van der Waals surface area contributed by atoms with Gasteiger partial charge in [0.25, 0.3) is 0 Å². The van der Waals surface area contributed by atoms with Crippen LogP contribution in [0.2, 0.25) is 0 Å². The molecule has 24 heavy (non-hydrogen) atoms. The molecule has 4 nitrogen and oxygen atoms in total. The summed E-state index contributed by atoms with van der Waals surface area (Å²) in [5.74, 6) is 0.0976. The van der Waals surface area contributed by atoms with E-state index < -0.39 is 5.72 Å². The van der Waals surface area contributed by atoms with Gasteiger partial charge in [-0.3, -0.25) is 9.98 Å². The number of thioether (sulfide) groups is 1. The molecule has 0 saturated carbocycles. The Morgan fingerprint density at radius 3 is 2.79 bits per heavy atom. The Hall–Kier alpha value is -2.18. The molecule has 1 aliphatic heterocycles. The Bertz CT molecular complexity index is 736. The quantitative estimate of drug-likeness (QED) is 0.847. The molecule has 1 aliphatic rings. The summed E-state index contributed by atoms with van der Waals surface area (Å²) in [4.78, 5) is 10.6. The van der Waals surface area contributed by atoms with Crippen LogP contribution in [0.25, 0.3) is 0 Å². The zero-order valence-corrected chi connectivity index (χ0v) is 13.9. The van der Waals surface area contributed by atoms with Crippen molar-refractivity contribution in [1.82, 2.24) is 9.88 Å². The predicted molar refractivity (Wildman–Crippen MR) is 95.0 cm³/mol. The minimum absolute atomic E-state index is 0.327. The van der Waals surface area contributed by atoms with Crippen molar-refractivity contribution in [2.45, 2.75) is 12.3 Å². The second kappa shape index (κ2) is 7.15. The Balaban J connectivity index is 1.87. The van der Waals surface area contributed by atoms with E-state index in [4.69, 9.17) is 0 Å². The second-order valence-electron chi connectivity index (χ2n) is 5.43. The molecule has 2 heterocycles. The third kappa shape index (κ3) is 3.34. The van der Waals surface area contributed by atoms with Gasteiger partial charge in [0.05, 0.1) is 18.0 Å². The van der Waals surface area contributed by atoms with Gasteiger partial charge in [-0.1, -0.05) is 36.0 Å². The molecule has 0 bridgehead atoms. The van der Waals surface area contributed by atoms with Gasteiger partial charge >= 0.3 is 0 Å². The Labute approximate surface area is 144 Å². The highest BCUT2D eigenvalue weighted by molar-refractivity contribution is 8.14. The topological polar surface area (TPSA) is 48.7 Å². The van der Waals surface area contributed by atoms with Gasteiger partial charge in [-0.05, 0) is 24.3 Å². The predicted octanol–water partition coefficient (Wildman–Crippen LogP) is 3.16. The van der Waals surface area contributed by atoms with Crippen molar-refractivity contribution in [2.24, 2.45) is 4.99 Å². The maximum Gasteiger partial charge on any atom is 0.175 e.